The quantitative estimate of drug-likeness (QED) is 0.505. The van der Waals surface area contributed by atoms with Gasteiger partial charge in [0.05, 0.1) is 12.1 Å². The normalized spacial score (nSPS) is 29.6. The molecule has 1 heterocycles. The first-order valence-corrected chi connectivity index (χ1v) is 3.18. The molecule has 2 N–H and O–H groups in total. The zero-order valence-corrected chi connectivity index (χ0v) is 5.34. The van der Waals surface area contributed by atoms with Crippen molar-refractivity contribution in [1.82, 2.24) is 0 Å². The lowest BCUT2D eigenvalue weighted by Gasteiger charge is -2.11. The first kappa shape index (κ1) is 6.60. The summed E-state index contributed by atoms with van der Waals surface area (Å²) < 4.78 is 5.24. The van der Waals surface area contributed by atoms with Crippen LogP contribution in [0.5, 0.6) is 0 Å². The van der Waals surface area contributed by atoms with E-state index in [-0.39, 0.29) is 12.1 Å². The molecule has 0 unspecified atom stereocenters. The van der Waals surface area contributed by atoms with Crippen molar-refractivity contribution in [2.45, 2.75) is 25.0 Å². The SMILES string of the molecule is C#C[C@@H](N)[C@@H]1CCCO1. The van der Waals surface area contributed by atoms with Crippen LogP contribution in [0.15, 0.2) is 0 Å². The molecule has 2 heteroatoms. The number of hydrogen-bond donors (Lipinski definition) is 1. The van der Waals surface area contributed by atoms with E-state index in [4.69, 9.17) is 16.9 Å². The first-order valence-electron chi connectivity index (χ1n) is 3.18. The summed E-state index contributed by atoms with van der Waals surface area (Å²) in [6.07, 6.45) is 7.33. The van der Waals surface area contributed by atoms with Gasteiger partial charge < -0.3 is 10.5 Å². The van der Waals surface area contributed by atoms with Gasteiger partial charge in [-0.25, -0.2) is 0 Å². The molecule has 50 valence electrons. The van der Waals surface area contributed by atoms with E-state index in [9.17, 15) is 0 Å². The second kappa shape index (κ2) is 2.86. The molecule has 0 aromatic heterocycles. The number of terminal acetylenes is 1. The molecule has 0 amide bonds. The number of hydrogen-bond acceptors (Lipinski definition) is 2. The van der Waals surface area contributed by atoms with Gasteiger partial charge in [-0.3, -0.25) is 0 Å². The summed E-state index contributed by atoms with van der Waals surface area (Å²) in [6, 6.07) is -0.201. The van der Waals surface area contributed by atoms with Gasteiger partial charge >= 0.3 is 0 Å². The summed E-state index contributed by atoms with van der Waals surface area (Å²) >= 11 is 0. The van der Waals surface area contributed by atoms with Crippen LogP contribution in [0.2, 0.25) is 0 Å². The third-order valence-corrected chi connectivity index (χ3v) is 1.56. The second-order valence-corrected chi connectivity index (χ2v) is 2.24. The maximum Gasteiger partial charge on any atom is 0.0927 e. The Balaban J connectivity index is 2.34. The van der Waals surface area contributed by atoms with Crippen LogP contribution in [-0.4, -0.2) is 18.8 Å². The minimum Gasteiger partial charge on any atom is -0.376 e. The number of ether oxygens (including phenoxy) is 1. The Morgan fingerprint density at radius 2 is 2.56 bits per heavy atom. The molecule has 0 saturated carbocycles. The van der Waals surface area contributed by atoms with Gasteiger partial charge in [0.15, 0.2) is 0 Å². The molecule has 0 bridgehead atoms. The third kappa shape index (κ3) is 1.44. The molecule has 2 nitrogen and oxygen atoms in total. The minimum atomic E-state index is -0.201. The highest BCUT2D eigenvalue weighted by molar-refractivity contribution is 5.01. The van der Waals surface area contributed by atoms with Crippen molar-refractivity contribution in [3.63, 3.8) is 0 Å². The fraction of sp³-hybridized carbons (Fsp3) is 0.714. The Labute approximate surface area is 55.4 Å². The lowest BCUT2D eigenvalue weighted by Crippen LogP contribution is -2.32. The van der Waals surface area contributed by atoms with Crippen LogP contribution < -0.4 is 5.73 Å². The van der Waals surface area contributed by atoms with E-state index in [2.05, 4.69) is 5.92 Å². The zero-order valence-electron chi connectivity index (χ0n) is 5.34. The Hall–Kier alpha value is -0.520. The average molecular weight is 125 g/mol. The molecule has 1 saturated heterocycles. The molecule has 1 aliphatic heterocycles. The summed E-state index contributed by atoms with van der Waals surface area (Å²) in [5, 5.41) is 0. The van der Waals surface area contributed by atoms with Gasteiger partial charge in [0.1, 0.15) is 0 Å². The van der Waals surface area contributed by atoms with E-state index in [1.54, 1.807) is 0 Å². The van der Waals surface area contributed by atoms with Crippen molar-refractivity contribution in [1.29, 1.82) is 0 Å². The molecule has 2 atom stereocenters. The van der Waals surface area contributed by atoms with E-state index in [1.807, 2.05) is 0 Å². The first-order chi connectivity index (χ1) is 4.34. The summed E-state index contributed by atoms with van der Waals surface area (Å²) in [6.45, 7) is 0.819. The van der Waals surface area contributed by atoms with Gasteiger partial charge in [-0.05, 0) is 12.8 Å². The maximum absolute atomic E-state index is 5.52. The topological polar surface area (TPSA) is 35.2 Å². The minimum absolute atomic E-state index is 0.120. The van der Waals surface area contributed by atoms with E-state index >= 15 is 0 Å². The summed E-state index contributed by atoms with van der Waals surface area (Å²) in [5.74, 6) is 2.46. The molecule has 0 aliphatic carbocycles. The van der Waals surface area contributed by atoms with Crippen molar-refractivity contribution in [2.75, 3.05) is 6.61 Å². The van der Waals surface area contributed by atoms with Gasteiger partial charge in [0.2, 0.25) is 0 Å². The standard InChI is InChI=1S/C7H11NO/c1-2-6(8)7-4-3-5-9-7/h1,6-7H,3-5,8H2/t6-,7+/m1/s1. The lowest BCUT2D eigenvalue weighted by atomic mass is 10.1. The van der Waals surface area contributed by atoms with Crippen LogP contribution in [0, 0.1) is 12.3 Å². The number of rotatable bonds is 1. The van der Waals surface area contributed by atoms with Crippen LogP contribution >= 0.6 is 0 Å². The predicted octanol–water partition coefficient (Wildman–Crippen LogP) is 0.126. The molecule has 1 fully saturated rings. The zero-order chi connectivity index (χ0) is 6.69. The molecule has 1 aliphatic rings. The molecule has 9 heavy (non-hydrogen) atoms. The van der Waals surface area contributed by atoms with Crippen LogP contribution in [-0.2, 0) is 4.74 Å². The Morgan fingerprint density at radius 3 is 3.00 bits per heavy atom. The molecule has 0 aromatic carbocycles. The van der Waals surface area contributed by atoms with Crippen molar-refractivity contribution in [3.8, 4) is 12.3 Å². The van der Waals surface area contributed by atoms with E-state index < -0.39 is 0 Å². The molecule has 1 rings (SSSR count). The monoisotopic (exact) mass is 125 g/mol. The van der Waals surface area contributed by atoms with Gasteiger partial charge in [-0.1, -0.05) is 5.92 Å². The van der Waals surface area contributed by atoms with Crippen LogP contribution in [0.4, 0.5) is 0 Å². The molecule has 0 spiro atoms. The Kier molecular flexibility index (Phi) is 2.10. The molecular weight excluding hydrogens is 114 g/mol. The highest BCUT2D eigenvalue weighted by Crippen LogP contribution is 2.13. The van der Waals surface area contributed by atoms with Crippen LogP contribution in [0.25, 0.3) is 0 Å². The van der Waals surface area contributed by atoms with Gasteiger partial charge in [-0.15, -0.1) is 6.42 Å². The molecule has 0 aromatic rings. The lowest BCUT2D eigenvalue weighted by molar-refractivity contribution is 0.103. The van der Waals surface area contributed by atoms with Crippen LogP contribution in [0.1, 0.15) is 12.8 Å². The van der Waals surface area contributed by atoms with Crippen molar-refractivity contribution < 1.29 is 4.74 Å². The fourth-order valence-electron chi connectivity index (χ4n) is 0.993. The summed E-state index contributed by atoms with van der Waals surface area (Å²) in [4.78, 5) is 0. The molecule has 0 radical (unpaired) electrons. The van der Waals surface area contributed by atoms with E-state index in [0.717, 1.165) is 19.4 Å². The smallest absolute Gasteiger partial charge is 0.0927 e. The van der Waals surface area contributed by atoms with E-state index in [1.165, 1.54) is 0 Å². The summed E-state index contributed by atoms with van der Waals surface area (Å²) in [5.41, 5.74) is 5.52. The highest BCUT2D eigenvalue weighted by Gasteiger charge is 2.20. The van der Waals surface area contributed by atoms with Gasteiger partial charge in [0, 0.05) is 6.61 Å². The van der Waals surface area contributed by atoms with Crippen LogP contribution in [0.3, 0.4) is 0 Å². The highest BCUT2D eigenvalue weighted by atomic mass is 16.5. The summed E-state index contributed by atoms with van der Waals surface area (Å²) in [7, 11) is 0. The average Bonchev–Trinajstić information content (AvgIpc) is 2.37. The van der Waals surface area contributed by atoms with Crippen molar-refractivity contribution in [2.24, 2.45) is 5.73 Å². The fourth-order valence-corrected chi connectivity index (χ4v) is 0.993. The predicted molar refractivity (Wildman–Crippen MR) is 35.8 cm³/mol. The number of nitrogens with two attached hydrogens (primary N) is 1. The largest absolute Gasteiger partial charge is 0.376 e. The van der Waals surface area contributed by atoms with Crippen molar-refractivity contribution in [3.05, 3.63) is 0 Å². The van der Waals surface area contributed by atoms with E-state index in [0.29, 0.717) is 0 Å². The Morgan fingerprint density at radius 1 is 1.78 bits per heavy atom. The second-order valence-electron chi connectivity index (χ2n) is 2.24. The van der Waals surface area contributed by atoms with Gasteiger partial charge in [-0.2, -0.15) is 0 Å². The Bertz CT molecular complexity index is 121. The molecular formula is C7H11NO. The van der Waals surface area contributed by atoms with Crippen molar-refractivity contribution >= 4 is 0 Å². The maximum atomic E-state index is 5.52. The third-order valence-electron chi connectivity index (χ3n) is 1.56. The van der Waals surface area contributed by atoms with Gasteiger partial charge in [0.25, 0.3) is 0 Å².